The second-order valence-electron chi connectivity index (χ2n) is 4.16. The Morgan fingerprint density at radius 2 is 1.65 bits per heavy atom. The Labute approximate surface area is 114 Å². The van der Waals surface area contributed by atoms with Gasteiger partial charge in [0.25, 0.3) is 11.4 Å². The molecule has 0 saturated heterocycles. The van der Waals surface area contributed by atoms with Gasteiger partial charge in [0, 0.05) is 23.9 Å². The normalized spacial score (nSPS) is 10.1. The van der Waals surface area contributed by atoms with Crippen molar-refractivity contribution in [1.82, 2.24) is 0 Å². The number of rotatable bonds is 4. The Morgan fingerprint density at radius 3 is 2.25 bits per heavy atom. The van der Waals surface area contributed by atoms with Gasteiger partial charge >= 0.3 is 0 Å². The standard InChI is InChI=1S/C13H11N3O4/c1-9-4-2-3-5-11(9)14-12-8-10(15(17)18)6-7-13(12)16(19)20/h2-8,14H,1H3. The molecule has 2 rings (SSSR count). The fourth-order valence-electron chi connectivity index (χ4n) is 1.76. The molecule has 2 aromatic rings. The number of benzene rings is 2. The quantitative estimate of drug-likeness (QED) is 0.678. The number of anilines is 2. The molecule has 0 amide bonds. The van der Waals surface area contributed by atoms with Crippen LogP contribution in [-0.4, -0.2) is 9.85 Å². The van der Waals surface area contributed by atoms with Crippen molar-refractivity contribution in [2.24, 2.45) is 0 Å². The largest absolute Gasteiger partial charge is 0.349 e. The maximum atomic E-state index is 11.0. The monoisotopic (exact) mass is 273 g/mol. The molecule has 0 aliphatic rings. The van der Waals surface area contributed by atoms with Crippen LogP contribution in [0.4, 0.5) is 22.7 Å². The van der Waals surface area contributed by atoms with Crippen LogP contribution in [0.15, 0.2) is 42.5 Å². The van der Waals surface area contributed by atoms with Gasteiger partial charge in [-0.1, -0.05) is 18.2 Å². The number of hydrogen-bond acceptors (Lipinski definition) is 5. The molecular weight excluding hydrogens is 262 g/mol. The van der Waals surface area contributed by atoms with Crippen molar-refractivity contribution >= 4 is 22.7 Å². The molecule has 0 radical (unpaired) electrons. The van der Waals surface area contributed by atoms with Crippen LogP contribution in [0.5, 0.6) is 0 Å². The zero-order chi connectivity index (χ0) is 14.7. The predicted octanol–water partition coefficient (Wildman–Crippen LogP) is 3.56. The summed E-state index contributed by atoms with van der Waals surface area (Å²) in [6, 6.07) is 10.6. The number of non-ortho nitro benzene ring substituents is 1. The first-order valence-corrected chi connectivity index (χ1v) is 5.74. The van der Waals surface area contributed by atoms with Gasteiger partial charge in [-0.2, -0.15) is 0 Å². The molecule has 0 aliphatic heterocycles. The van der Waals surface area contributed by atoms with E-state index in [0.717, 1.165) is 23.8 Å². The highest BCUT2D eigenvalue weighted by molar-refractivity contribution is 5.73. The van der Waals surface area contributed by atoms with Crippen LogP contribution in [0.25, 0.3) is 0 Å². The van der Waals surface area contributed by atoms with E-state index in [1.54, 1.807) is 12.1 Å². The van der Waals surface area contributed by atoms with Crippen molar-refractivity contribution < 1.29 is 9.85 Å². The van der Waals surface area contributed by atoms with Crippen LogP contribution >= 0.6 is 0 Å². The number of nitrogens with zero attached hydrogens (tertiary/aromatic N) is 2. The van der Waals surface area contributed by atoms with Gasteiger partial charge in [-0.3, -0.25) is 20.2 Å². The SMILES string of the molecule is Cc1ccccc1Nc1cc([N+](=O)[O-])ccc1[N+](=O)[O-]. The highest BCUT2D eigenvalue weighted by atomic mass is 16.6. The molecule has 0 unspecified atom stereocenters. The summed E-state index contributed by atoms with van der Waals surface area (Å²) in [5, 5.41) is 24.6. The lowest BCUT2D eigenvalue weighted by molar-refractivity contribution is -0.388. The molecule has 20 heavy (non-hydrogen) atoms. The average Bonchev–Trinajstić information content (AvgIpc) is 2.41. The number of para-hydroxylation sites is 1. The van der Waals surface area contributed by atoms with Crippen molar-refractivity contribution in [3.8, 4) is 0 Å². The van der Waals surface area contributed by atoms with Gasteiger partial charge in [-0.05, 0) is 18.6 Å². The first kappa shape index (κ1) is 13.5. The third-order valence-corrected chi connectivity index (χ3v) is 2.80. The summed E-state index contributed by atoms with van der Waals surface area (Å²) in [6.07, 6.45) is 0. The third-order valence-electron chi connectivity index (χ3n) is 2.80. The molecule has 7 heteroatoms. The third kappa shape index (κ3) is 2.72. The van der Waals surface area contributed by atoms with Crippen molar-refractivity contribution in [2.75, 3.05) is 5.32 Å². The summed E-state index contributed by atoms with van der Waals surface area (Å²) in [4.78, 5) is 20.6. The van der Waals surface area contributed by atoms with E-state index in [0.29, 0.717) is 5.69 Å². The number of nitro benzene ring substituents is 2. The Bertz CT molecular complexity index is 685. The molecule has 0 fully saturated rings. The summed E-state index contributed by atoms with van der Waals surface area (Å²) < 4.78 is 0. The van der Waals surface area contributed by atoms with Gasteiger partial charge in [0.2, 0.25) is 0 Å². The van der Waals surface area contributed by atoms with E-state index in [1.165, 1.54) is 0 Å². The minimum atomic E-state index is -0.591. The predicted molar refractivity (Wildman–Crippen MR) is 74.2 cm³/mol. The van der Waals surface area contributed by atoms with Gasteiger partial charge in [0.1, 0.15) is 5.69 Å². The molecule has 0 spiro atoms. The zero-order valence-electron chi connectivity index (χ0n) is 10.6. The Morgan fingerprint density at radius 1 is 0.950 bits per heavy atom. The summed E-state index contributed by atoms with van der Waals surface area (Å²) >= 11 is 0. The smallest absolute Gasteiger partial charge is 0.293 e. The molecule has 0 heterocycles. The minimum Gasteiger partial charge on any atom is -0.349 e. The van der Waals surface area contributed by atoms with Gasteiger partial charge in [0.15, 0.2) is 0 Å². The molecule has 0 aliphatic carbocycles. The molecule has 0 atom stereocenters. The molecule has 102 valence electrons. The lowest BCUT2D eigenvalue weighted by atomic mass is 10.2. The highest BCUT2D eigenvalue weighted by Gasteiger charge is 2.18. The zero-order valence-corrected chi connectivity index (χ0v) is 10.6. The van der Waals surface area contributed by atoms with E-state index in [2.05, 4.69) is 5.32 Å². The van der Waals surface area contributed by atoms with E-state index in [9.17, 15) is 20.2 Å². The van der Waals surface area contributed by atoms with E-state index < -0.39 is 9.85 Å². The second kappa shape index (κ2) is 5.35. The van der Waals surface area contributed by atoms with Crippen LogP contribution in [-0.2, 0) is 0 Å². The van der Waals surface area contributed by atoms with Crippen LogP contribution in [0, 0.1) is 27.2 Å². The van der Waals surface area contributed by atoms with Gasteiger partial charge in [-0.25, -0.2) is 0 Å². The summed E-state index contributed by atoms with van der Waals surface area (Å²) in [5.74, 6) is 0. The van der Waals surface area contributed by atoms with Crippen molar-refractivity contribution in [2.45, 2.75) is 6.92 Å². The van der Waals surface area contributed by atoms with E-state index in [1.807, 2.05) is 19.1 Å². The molecular formula is C13H11N3O4. The van der Waals surface area contributed by atoms with Gasteiger partial charge in [-0.15, -0.1) is 0 Å². The van der Waals surface area contributed by atoms with Crippen molar-refractivity contribution in [1.29, 1.82) is 0 Å². The van der Waals surface area contributed by atoms with Crippen LogP contribution in [0.2, 0.25) is 0 Å². The Hall–Kier alpha value is -2.96. The molecule has 1 N–H and O–H groups in total. The van der Waals surface area contributed by atoms with Crippen LogP contribution in [0.3, 0.4) is 0 Å². The highest BCUT2D eigenvalue weighted by Crippen LogP contribution is 2.32. The van der Waals surface area contributed by atoms with Crippen molar-refractivity contribution in [3.05, 3.63) is 68.3 Å². The molecule has 0 saturated carbocycles. The summed E-state index contributed by atoms with van der Waals surface area (Å²) in [5.41, 5.74) is 1.23. The van der Waals surface area contributed by atoms with Gasteiger partial charge < -0.3 is 5.32 Å². The molecule has 0 bridgehead atoms. The maximum absolute atomic E-state index is 11.0. The number of hydrogen-bond donors (Lipinski definition) is 1. The molecule has 2 aromatic carbocycles. The summed E-state index contributed by atoms with van der Waals surface area (Å²) in [6.45, 7) is 1.84. The fourth-order valence-corrected chi connectivity index (χ4v) is 1.76. The molecule has 0 aromatic heterocycles. The Balaban J connectivity index is 2.48. The topological polar surface area (TPSA) is 98.3 Å². The van der Waals surface area contributed by atoms with Crippen molar-refractivity contribution in [3.63, 3.8) is 0 Å². The van der Waals surface area contributed by atoms with Crippen LogP contribution in [0.1, 0.15) is 5.56 Å². The maximum Gasteiger partial charge on any atom is 0.293 e. The van der Waals surface area contributed by atoms with E-state index in [-0.39, 0.29) is 17.1 Å². The van der Waals surface area contributed by atoms with Gasteiger partial charge in [0.05, 0.1) is 9.85 Å². The second-order valence-corrected chi connectivity index (χ2v) is 4.16. The number of nitrogens with one attached hydrogen (secondary N) is 1. The first-order valence-electron chi connectivity index (χ1n) is 5.74. The lowest BCUT2D eigenvalue weighted by Crippen LogP contribution is -1.99. The first-order chi connectivity index (χ1) is 9.49. The minimum absolute atomic E-state index is 0.0958. The fraction of sp³-hybridized carbons (Fsp3) is 0.0769. The molecule has 7 nitrogen and oxygen atoms in total. The Kier molecular flexibility index (Phi) is 3.60. The van der Waals surface area contributed by atoms with E-state index >= 15 is 0 Å². The lowest BCUT2D eigenvalue weighted by Gasteiger charge is -2.09. The van der Waals surface area contributed by atoms with Crippen LogP contribution < -0.4 is 5.32 Å². The van der Waals surface area contributed by atoms with E-state index in [4.69, 9.17) is 0 Å². The average molecular weight is 273 g/mol. The number of aryl methyl sites for hydroxylation is 1. The summed E-state index contributed by atoms with van der Waals surface area (Å²) in [7, 11) is 0. The number of nitro groups is 2.